The number of halogens is 1. The summed E-state index contributed by atoms with van der Waals surface area (Å²) in [4.78, 5) is 12.2. The molecule has 2 nitrogen and oxygen atoms in total. The molecular weight excluding hydrogens is 243 g/mol. The van der Waals surface area contributed by atoms with Gasteiger partial charge in [0.05, 0.1) is 24.8 Å². The molecule has 2 heterocycles. The second kappa shape index (κ2) is 5.41. The Balaban J connectivity index is 1.62. The van der Waals surface area contributed by atoms with Crippen LogP contribution in [0.25, 0.3) is 0 Å². The van der Waals surface area contributed by atoms with E-state index < -0.39 is 0 Å². The zero-order chi connectivity index (χ0) is 13.2. The molecule has 102 valence electrons. The number of fused-ring (bicyclic) bond motifs is 5. The van der Waals surface area contributed by atoms with E-state index in [1.165, 1.54) is 11.1 Å². The van der Waals surface area contributed by atoms with Crippen molar-refractivity contribution in [3.05, 3.63) is 35.4 Å². The van der Waals surface area contributed by atoms with Crippen LogP contribution in [-0.2, 0) is 9.53 Å². The molecule has 2 bridgehead atoms. The summed E-state index contributed by atoms with van der Waals surface area (Å²) in [5, 5.41) is 0. The van der Waals surface area contributed by atoms with Crippen molar-refractivity contribution in [2.75, 3.05) is 6.67 Å². The number of hydrogen-bond acceptors (Lipinski definition) is 2. The topological polar surface area (TPSA) is 26.3 Å². The average Bonchev–Trinajstić information content (AvgIpc) is 3.03. The lowest BCUT2D eigenvalue weighted by Gasteiger charge is -2.20. The molecule has 1 fully saturated rings. The first-order chi connectivity index (χ1) is 9.31. The Kier molecular flexibility index (Phi) is 3.65. The Morgan fingerprint density at radius 2 is 2.00 bits per heavy atom. The van der Waals surface area contributed by atoms with E-state index in [9.17, 15) is 9.18 Å². The maximum Gasteiger partial charge on any atom is 0.139 e. The predicted molar refractivity (Wildman–Crippen MR) is 70.6 cm³/mol. The zero-order valence-electron chi connectivity index (χ0n) is 11.0. The van der Waals surface area contributed by atoms with Crippen molar-refractivity contribution in [2.24, 2.45) is 5.92 Å². The number of hydrogen-bond donors (Lipinski definition) is 0. The first-order valence-electron chi connectivity index (χ1n) is 7.14. The average molecular weight is 262 g/mol. The minimum absolute atomic E-state index is 0.0188. The number of ether oxygens (including phenoxy) is 1. The van der Waals surface area contributed by atoms with Crippen LogP contribution in [0, 0.1) is 5.92 Å². The van der Waals surface area contributed by atoms with E-state index in [0.29, 0.717) is 18.6 Å². The normalized spacial score (nSPS) is 27.5. The van der Waals surface area contributed by atoms with Crippen LogP contribution in [0.15, 0.2) is 24.3 Å². The monoisotopic (exact) mass is 262 g/mol. The van der Waals surface area contributed by atoms with Crippen LogP contribution in [0.3, 0.4) is 0 Å². The fourth-order valence-electron chi connectivity index (χ4n) is 3.29. The Hall–Kier alpha value is -1.22. The lowest BCUT2D eigenvalue weighted by molar-refractivity contribution is -0.124. The van der Waals surface area contributed by atoms with Gasteiger partial charge in [0.2, 0.25) is 0 Å². The molecule has 1 aromatic rings. The summed E-state index contributed by atoms with van der Waals surface area (Å²) in [5.41, 5.74) is 2.45. The number of ketones is 1. The fraction of sp³-hybridized carbons (Fsp3) is 0.562. The van der Waals surface area contributed by atoms with Gasteiger partial charge in [-0.2, -0.15) is 0 Å². The van der Waals surface area contributed by atoms with Gasteiger partial charge in [-0.05, 0) is 30.4 Å². The largest absolute Gasteiger partial charge is 0.365 e. The van der Waals surface area contributed by atoms with Crippen LogP contribution < -0.4 is 0 Å². The number of carbonyl (C=O) groups excluding carboxylic acids is 1. The van der Waals surface area contributed by atoms with E-state index in [4.69, 9.17) is 4.74 Å². The van der Waals surface area contributed by atoms with Gasteiger partial charge in [-0.25, -0.2) is 0 Å². The summed E-state index contributed by atoms with van der Waals surface area (Å²) >= 11 is 0. The molecule has 0 spiro atoms. The number of alkyl halides is 1. The first-order valence-corrected chi connectivity index (χ1v) is 7.14. The molecule has 0 unspecified atom stereocenters. The third-order valence-corrected chi connectivity index (χ3v) is 4.26. The lowest BCUT2D eigenvalue weighted by Crippen LogP contribution is -2.20. The standard InChI is InChI=1S/C16H19FO2/c17-9-5-1-2-8-14(18)13-10-15-11-6-3-4-7-12(11)16(13)19-15/h3-4,6-7,13,15-16H,1-2,5,8-10H2/t13-,15-,16-/m1/s1. The van der Waals surface area contributed by atoms with Crippen LogP contribution in [0.4, 0.5) is 4.39 Å². The van der Waals surface area contributed by atoms with Gasteiger partial charge >= 0.3 is 0 Å². The van der Waals surface area contributed by atoms with Crippen LogP contribution in [-0.4, -0.2) is 12.5 Å². The van der Waals surface area contributed by atoms with Crippen molar-refractivity contribution >= 4 is 5.78 Å². The van der Waals surface area contributed by atoms with E-state index in [1.807, 2.05) is 12.1 Å². The summed E-state index contributed by atoms with van der Waals surface area (Å²) in [6.07, 6.45) is 3.65. The minimum atomic E-state index is -0.279. The summed E-state index contributed by atoms with van der Waals surface area (Å²) in [6, 6.07) is 8.20. The molecule has 0 saturated carbocycles. The molecule has 0 amide bonds. The SMILES string of the molecule is O=C(CCCCCF)[C@H]1C[C@H]2O[C@@H]1c1ccccc12. The van der Waals surface area contributed by atoms with Gasteiger partial charge < -0.3 is 4.74 Å². The summed E-state index contributed by atoms with van der Waals surface area (Å²) in [5.74, 6) is 0.311. The third-order valence-electron chi connectivity index (χ3n) is 4.26. The predicted octanol–water partition coefficient (Wildman–Crippen LogP) is 3.92. The van der Waals surface area contributed by atoms with Gasteiger partial charge in [-0.3, -0.25) is 9.18 Å². The van der Waals surface area contributed by atoms with Crippen molar-refractivity contribution in [1.82, 2.24) is 0 Å². The minimum Gasteiger partial charge on any atom is -0.365 e. The van der Waals surface area contributed by atoms with Gasteiger partial charge in [-0.1, -0.05) is 30.7 Å². The molecule has 1 saturated heterocycles. The van der Waals surface area contributed by atoms with Crippen LogP contribution >= 0.6 is 0 Å². The fourth-order valence-corrected chi connectivity index (χ4v) is 3.29. The van der Waals surface area contributed by atoms with Crippen molar-refractivity contribution in [1.29, 1.82) is 0 Å². The van der Waals surface area contributed by atoms with Crippen molar-refractivity contribution in [3.8, 4) is 0 Å². The number of carbonyl (C=O) groups is 1. The van der Waals surface area contributed by atoms with Gasteiger partial charge in [0.25, 0.3) is 0 Å². The highest BCUT2D eigenvalue weighted by Crippen LogP contribution is 2.54. The van der Waals surface area contributed by atoms with Gasteiger partial charge in [0.1, 0.15) is 5.78 Å². The summed E-state index contributed by atoms with van der Waals surface area (Å²) in [7, 11) is 0. The number of Topliss-reactive ketones (excluding diaryl/α,β-unsaturated/α-hetero) is 1. The maximum absolute atomic E-state index is 12.2. The lowest BCUT2D eigenvalue weighted by atomic mass is 9.80. The smallest absolute Gasteiger partial charge is 0.139 e. The molecule has 3 rings (SSSR count). The highest BCUT2D eigenvalue weighted by atomic mass is 19.1. The number of unbranched alkanes of at least 4 members (excludes halogenated alkanes) is 2. The Morgan fingerprint density at radius 1 is 1.21 bits per heavy atom. The molecule has 0 aromatic heterocycles. The van der Waals surface area contributed by atoms with Crippen molar-refractivity contribution < 1.29 is 13.9 Å². The number of rotatable bonds is 6. The summed E-state index contributed by atoms with van der Waals surface area (Å²) < 4.78 is 17.9. The molecule has 0 aliphatic carbocycles. The van der Waals surface area contributed by atoms with Gasteiger partial charge in [0.15, 0.2) is 0 Å². The van der Waals surface area contributed by atoms with Crippen LogP contribution in [0.2, 0.25) is 0 Å². The molecule has 3 heteroatoms. The highest BCUT2D eigenvalue weighted by Gasteiger charge is 2.47. The molecule has 2 aliphatic heterocycles. The Bertz CT molecular complexity index is 472. The number of benzene rings is 1. The van der Waals surface area contributed by atoms with Crippen LogP contribution in [0.1, 0.15) is 55.4 Å². The van der Waals surface area contributed by atoms with E-state index in [-0.39, 0.29) is 24.8 Å². The van der Waals surface area contributed by atoms with Crippen molar-refractivity contribution in [2.45, 2.75) is 44.3 Å². The highest BCUT2D eigenvalue weighted by molar-refractivity contribution is 5.82. The molecular formula is C16H19FO2. The Labute approximate surface area is 113 Å². The van der Waals surface area contributed by atoms with E-state index in [0.717, 1.165) is 19.3 Å². The first kappa shape index (κ1) is 12.8. The third kappa shape index (κ3) is 2.32. The molecule has 1 aromatic carbocycles. The van der Waals surface area contributed by atoms with E-state index in [2.05, 4.69) is 12.1 Å². The Morgan fingerprint density at radius 3 is 2.79 bits per heavy atom. The molecule has 19 heavy (non-hydrogen) atoms. The molecule has 3 atom stereocenters. The molecule has 0 N–H and O–H groups in total. The quantitative estimate of drug-likeness (QED) is 0.726. The zero-order valence-corrected chi connectivity index (χ0v) is 11.0. The second-order valence-corrected chi connectivity index (χ2v) is 5.48. The summed E-state index contributed by atoms with van der Waals surface area (Å²) in [6.45, 7) is -0.279. The van der Waals surface area contributed by atoms with E-state index >= 15 is 0 Å². The molecule has 2 aliphatic rings. The van der Waals surface area contributed by atoms with Gasteiger partial charge in [-0.15, -0.1) is 0 Å². The second-order valence-electron chi connectivity index (χ2n) is 5.48. The van der Waals surface area contributed by atoms with Crippen molar-refractivity contribution in [3.63, 3.8) is 0 Å². The van der Waals surface area contributed by atoms with E-state index in [1.54, 1.807) is 0 Å². The molecule has 0 radical (unpaired) electrons. The van der Waals surface area contributed by atoms with Crippen LogP contribution in [0.5, 0.6) is 0 Å². The van der Waals surface area contributed by atoms with Gasteiger partial charge in [0, 0.05) is 6.42 Å². The maximum atomic E-state index is 12.2.